The molecule has 0 radical (unpaired) electrons. The lowest BCUT2D eigenvalue weighted by atomic mass is 10.0. The van der Waals surface area contributed by atoms with E-state index in [2.05, 4.69) is 40.1 Å². The van der Waals surface area contributed by atoms with Gasteiger partial charge in [0.15, 0.2) is 0 Å². The van der Waals surface area contributed by atoms with Gasteiger partial charge in [-0.05, 0) is 51.1 Å². The van der Waals surface area contributed by atoms with Gasteiger partial charge in [-0.3, -0.25) is 4.90 Å². The summed E-state index contributed by atoms with van der Waals surface area (Å²) < 4.78 is 1.02. The van der Waals surface area contributed by atoms with Crippen molar-refractivity contribution in [3.63, 3.8) is 0 Å². The Morgan fingerprint density at radius 3 is 2.95 bits per heavy atom. The average Bonchev–Trinajstić information content (AvgIpc) is 2.87. The van der Waals surface area contributed by atoms with E-state index in [4.69, 9.17) is 0 Å². The molecule has 0 amide bonds. The van der Waals surface area contributed by atoms with Crippen molar-refractivity contribution in [1.82, 2.24) is 10.2 Å². The van der Waals surface area contributed by atoms with E-state index < -0.39 is 0 Å². The van der Waals surface area contributed by atoms with E-state index >= 15 is 0 Å². The van der Waals surface area contributed by atoms with Gasteiger partial charge in [0.2, 0.25) is 0 Å². The second kappa shape index (κ2) is 6.73. The van der Waals surface area contributed by atoms with Crippen molar-refractivity contribution >= 4 is 15.9 Å². The molecule has 1 aromatic carbocycles. The molecule has 3 nitrogen and oxygen atoms in total. The molecule has 2 N–H and O–H groups in total. The molecule has 19 heavy (non-hydrogen) atoms. The summed E-state index contributed by atoms with van der Waals surface area (Å²) in [6, 6.07) is 6.53. The van der Waals surface area contributed by atoms with Gasteiger partial charge in [0, 0.05) is 28.7 Å². The highest BCUT2D eigenvalue weighted by atomic mass is 79.9. The maximum absolute atomic E-state index is 10.1. The third kappa shape index (κ3) is 3.71. The molecule has 0 saturated carbocycles. The molecule has 1 heterocycles. The Morgan fingerprint density at radius 2 is 2.32 bits per heavy atom. The average molecular weight is 327 g/mol. The lowest BCUT2D eigenvalue weighted by Gasteiger charge is -2.30. The van der Waals surface area contributed by atoms with Crippen LogP contribution in [0.1, 0.15) is 37.8 Å². The van der Waals surface area contributed by atoms with Crippen molar-refractivity contribution in [2.75, 3.05) is 20.1 Å². The molecule has 2 atom stereocenters. The van der Waals surface area contributed by atoms with Crippen LogP contribution < -0.4 is 5.32 Å². The Morgan fingerprint density at radius 1 is 1.53 bits per heavy atom. The van der Waals surface area contributed by atoms with Crippen LogP contribution in [0.4, 0.5) is 0 Å². The highest BCUT2D eigenvalue weighted by molar-refractivity contribution is 9.10. The predicted octanol–water partition coefficient (Wildman–Crippen LogP) is 3.29. The first-order valence-electron chi connectivity index (χ1n) is 7.04. The summed E-state index contributed by atoms with van der Waals surface area (Å²) in [5.41, 5.74) is 1.01. The molecule has 1 aromatic rings. The van der Waals surface area contributed by atoms with Gasteiger partial charge in [0.1, 0.15) is 5.75 Å². The molecule has 1 saturated heterocycles. The number of phenolic OH excluding ortho intramolecular Hbond substituents is 1. The van der Waals surface area contributed by atoms with Gasteiger partial charge in [-0.1, -0.05) is 22.9 Å². The van der Waals surface area contributed by atoms with Crippen LogP contribution in [-0.4, -0.2) is 36.2 Å². The molecule has 1 aliphatic rings. The van der Waals surface area contributed by atoms with Gasteiger partial charge in [-0.15, -0.1) is 0 Å². The maximum Gasteiger partial charge on any atom is 0.120 e. The van der Waals surface area contributed by atoms with E-state index in [0.29, 0.717) is 11.8 Å². The molecule has 1 aliphatic heterocycles. The number of hydrogen-bond donors (Lipinski definition) is 2. The minimum absolute atomic E-state index is 0.264. The van der Waals surface area contributed by atoms with E-state index in [-0.39, 0.29) is 6.04 Å². The number of phenols is 1. The zero-order valence-electron chi connectivity index (χ0n) is 11.7. The molecule has 4 heteroatoms. The number of likely N-dealkylation sites (N-methyl/N-ethyl adjacent to an activating group) is 1. The lowest BCUT2D eigenvalue weighted by molar-refractivity contribution is 0.214. The van der Waals surface area contributed by atoms with Crippen LogP contribution in [0.2, 0.25) is 0 Å². The summed E-state index contributed by atoms with van der Waals surface area (Å²) in [4.78, 5) is 2.35. The molecular formula is C15H23BrN2O. The molecule has 0 aromatic heterocycles. The van der Waals surface area contributed by atoms with Crippen molar-refractivity contribution in [2.24, 2.45) is 0 Å². The number of benzene rings is 1. The Bertz CT molecular complexity index is 419. The second-order valence-corrected chi connectivity index (χ2v) is 6.28. The Hall–Kier alpha value is -0.580. The standard InChI is InChI=1S/C15H23BrN2O/c1-3-14(13-9-11(16)6-7-15(13)19)18(2)10-12-5-4-8-17-12/h6-7,9,12,14,17,19H,3-5,8,10H2,1-2H3. The van der Waals surface area contributed by atoms with Crippen molar-refractivity contribution < 1.29 is 5.11 Å². The Kier molecular flexibility index (Phi) is 5.25. The highest BCUT2D eigenvalue weighted by Gasteiger charge is 2.23. The number of rotatable bonds is 5. The second-order valence-electron chi connectivity index (χ2n) is 5.36. The van der Waals surface area contributed by atoms with Crippen molar-refractivity contribution in [2.45, 2.75) is 38.3 Å². The summed E-state index contributed by atoms with van der Waals surface area (Å²) in [5.74, 6) is 0.390. The first kappa shape index (κ1) is 14.8. The van der Waals surface area contributed by atoms with Gasteiger partial charge in [0.05, 0.1) is 0 Å². The number of hydrogen-bond acceptors (Lipinski definition) is 3. The number of aromatic hydroxyl groups is 1. The van der Waals surface area contributed by atoms with Crippen LogP contribution >= 0.6 is 15.9 Å². The minimum Gasteiger partial charge on any atom is -0.508 e. The van der Waals surface area contributed by atoms with Crippen LogP contribution in [0.15, 0.2) is 22.7 Å². The largest absolute Gasteiger partial charge is 0.508 e. The molecule has 0 spiro atoms. The first-order valence-corrected chi connectivity index (χ1v) is 7.83. The SMILES string of the molecule is CCC(c1cc(Br)ccc1O)N(C)CC1CCCN1. The maximum atomic E-state index is 10.1. The summed E-state index contributed by atoms with van der Waals surface area (Å²) >= 11 is 3.49. The topological polar surface area (TPSA) is 35.5 Å². The first-order chi connectivity index (χ1) is 9.11. The molecule has 0 bridgehead atoms. The monoisotopic (exact) mass is 326 g/mol. The van der Waals surface area contributed by atoms with Crippen LogP contribution in [0.3, 0.4) is 0 Å². The summed E-state index contributed by atoms with van der Waals surface area (Å²) in [5, 5.41) is 13.6. The van der Waals surface area contributed by atoms with Gasteiger partial charge in [-0.2, -0.15) is 0 Å². The Labute approximate surface area is 124 Å². The van der Waals surface area contributed by atoms with Crippen LogP contribution in [0.5, 0.6) is 5.75 Å². The van der Waals surface area contributed by atoms with Gasteiger partial charge >= 0.3 is 0 Å². The molecule has 1 fully saturated rings. The van der Waals surface area contributed by atoms with E-state index in [1.165, 1.54) is 12.8 Å². The molecule has 0 aliphatic carbocycles. The van der Waals surface area contributed by atoms with Crippen LogP contribution in [0, 0.1) is 0 Å². The fraction of sp³-hybridized carbons (Fsp3) is 0.600. The van der Waals surface area contributed by atoms with Crippen LogP contribution in [0.25, 0.3) is 0 Å². The third-order valence-corrected chi connectivity index (χ3v) is 4.43. The minimum atomic E-state index is 0.264. The predicted molar refractivity (Wildman–Crippen MR) is 82.5 cm³/mol. The molecular weight excluding hydrogens is 304 g/mol. The summed E-state index contributed by atoms with van der Waals surface area (Å²) in [6.07, 6.45) is 3.52. The van der Waals surface area contributed by atoms with Crippen molar-refractivity contribution in [1.29, 1.82) is 0 Å². The van der Waals surface area contributed by atoms with Crippen LogP contribution in [-0.2, 0) is 0 Å². The zero-order chi connectivity index (χ0) is 13.8. The summed E-state index contributed by atoms with van der Waals surface area (Å²) in [7, 11) is 2.15. The highest BCUT2D eigenvalue weighted by Crippen LogP contribution is 2.32. The van der Waals surface area contributed by atoms with Gasteiger partial charge in [0.25, 0.3) is 0 Å². The smallest absolute Gasteiger partial charge is 0.120 e. The fourth-order valence-electron chi connectivity index (χ4n) is 2.95. The number of nitrogens with one attached hydrogen (secondary N) is 1. The number of nitrogens with zero attached hydrogens (tertiary/aromatic N) is 1. The fourth-order valence-corrected chi connectivity index (χ4v) is 3.33. The quantitative estimate of drug-likeness (QED) is 0.871. The van der Waals surface area contributed by atoms with Crippen molar-refractivity contribution in [3.05, 3.63) is 28.2 Å². The molecule has 2 unspecified atom stereocenters. The van der Waals surface area contributed by atoms with E-state index in [0.717, 1.165) is 29.5 Å². The van der Waals surface area contributed by atoms with Gasteiger partial charge in [-0.25, -0.2) is 0 Å². The molecule has 106 valence electrons. The lowest BCUT2D eigenvalue weighted by Crippen LogP contribution is -2.37. The van der Waals surface area contributed by atoms with Crippen molar-refractivity contribution in [3.8, 4) is 5.75 Å². The zero-order valence-corrected chi connectivity index (χ0v) is 13.3. The third-order valence-electron chi connectivity index (χ3n) is 3.94. The number of halogens is 1. The van der Waals surface area contributed by atoms with E-state index in [1.807, 2.05) is 12.1 Å². The molecule has 2 rings (SSSR count). The van der Waals surface area contributed by atoms with E-state index in [9.17, 15) is 5.11 Å². The summed E-state index contributed by atoms with van der Waals surface area (Å²) in [6.45, 7) is 4.34. The van der Waals surface area contributed by atoms with Gasteiger partial charge < -0.3 is 10.4 Å². The Balaban J connectivity index is 2.11. The van der Waals surface area contributed by atoms with E-state index in [1.54, 1.807) is 6.07 Å². The normalized spacial score (nSPS) is 20.9.